The quantitative estimate of drug-likeness (QED) is 0.555. The average molecular weight is 418 g/mol. The van der Waals surface area contributed by atoms with E-state index in [2.05, 4.69) is 17.4 Å². The summed E-state index contributed by atoms with van der Waals surface area (Å²) in [7, 11) is 1.60. The molecule has 0 unspecified atom stereocenters. The third-order valence-corrected chi connectivity index (χ3v) is 6.55. The molecule has 1 N–H and O–H groups in total. The maximum absolute atomic E-state index is 13.4. The molecule has 2 saturated heterocycles. The van der Waals surface area contributed by atoms with E-state index in [1.807, 2.05) is 54.6 Å². The van der Waals surface area contributed by atoms with Gasteiger partial charge in [-0.2, -0.15) is 0 Å². The van der Waals surface area contributed by atoms with E-state index in [-0.39, 0.29) is 17.9 Å². The second-order valence-corrected chi connectivity index (χ2v) is 8.41. The number of rotatable bonds is 7. The number of carbonyl (C=O) groups excluding carboxylic acids is 2. The molecule has 6 heteroatoms. The van der Waals surface area contributed by atoms with E-state index in [4.69, 9.17) is 9.47 Å². The predicted molar refractivity (Wildman–Crippen MR) is 117 cm³/mol. The molecule has 31 heavy (non-hydrogen) atoms. The number of ether oxygens (including phenoxy) is 2. The number of hydrogen-bond acceptors (Lipinski definition) is 4. The Bertz CT molecular complexity index is 1020. The normalized spacial score (nSPS) is 28.1. The Balaban J connectivity index is 1.27. The van der Waals surface area contributed by atoms with Gasteiger partial charge in [0.05, 0.1) is 31.6 Å². The van der Waals surface area contributed by atoms with E-state index >= 15 is 0 Å². The molecular weight excluding hydrogens is 392 g/mol. The first-order valence-corrected chi connectivity index (χ1v) is 10.8. The Hall–Kier alpha value is -3.12. The van der Waals surface area contributed by atoms with Crippen molar-refractivity contribution in [2.75, 3.05) is 25.1 Å². The predicted octanol–water partition coefficient (Wildman–Crippen LogP) is 2.73. The first-order valence-electron chi connectivity index (χ1n) is 10.8. The fourth-order valence-electron chi connectivity index (χ4n) is 5.06. The number of nitrogens with one attached hydrogen (secondary N) is 1. The number of carbonyl (C=O) groups is 2. The van der Waals surface area contributed by atoms with Gasteiger partial charge in [0.25, 0.3) is 0 Å². The zero-order chi connectivity index (χ0) is 21.4. The summed E-state index contributed by atoms with van der Waals surface area (Å²) in [5.41, 5.74) is 1.29. The Kier molecular flexibility index (Phi) is 5.02. The lowest BCUT2D eigenvalue weighted by atomic mass is 9.77. The van der Waals surface area contributed by atoms with Crippen LogP contribution in [0, 0.1) is 11.8 Å². The molecule has 6 nitrogen and oxygen atoms in total. The third-order valence-electron chi connectivity index (χ3n) is 6.55. The zero-order valence-electron chi connectivity index (χ0n) is 17.5. The summed E-state index contributed by atoms with van der Waals surface area (Å²) in [5.74, 6) is -0.472. The van der Waals surface area contributed by atoms with Crippen LogP contribution in [0.4, 0.5) is 5.69 Å². The SMILES string of the molecule is COc1cccc(N2C[C@@]34C=C[C@@H](O3)[C@H](C(=O)NCCCc3ccccc3)[C@H]4C2=O)c1. The minimum Gasteiger partial charge on any atom is -0.497 e. The Morgan fingerprint density at radius 2 is 2.06 bits per heavy atom. The van der Waals surface area contributed by atoms with Gasteiger partial charge in [0, 0.05) is 18.3 Å². The molecule has 0 aliphatic carbocycles. The van der Waals surface area contributed by atoms with Crippen LogP contribution in [0.5, 0.6) is 5.75 Å². The first kappa shape index (κ1) is 19.8. The monoisotopic (exact) mass is 418 g/mol. The lowest BCUT2D eigenvalue weighted by Crippen LogP contribution is -2.44. The molecule has 0 saturated carbocycles. The molecule has 0 aromatic heterocycles. The van der Waals surface area contributed by atoms with Crippen molar-refractivity contribution in [3.63, 3.8) is 0 Å². The van der Waals surface area contributed by atoms with Crippen molar-refractivity contribution < 1.29 is 19.1 Å². The van der Waals surface area contributed by atoms with Gasteiger partial charge in [0.15, 0.2) is 0 Å². The average Bonchev–Trinajstić information content (AvgIpc) is 3.45. The number of aryl methyl sites for hydroxylation is 1. The molecule has 3 aliphatic rings. The summed E-state index contributed by atoms with van der Waals surface area (Å²) in [4.78, 5) is 28.2. The molecule has 2 aromatic rings. The summed E-state index contributed by atoms with van der Waals surface area (Å²) >= 11 is 0. The number of amides is 2. The summed E-state index contributed by atoms with van der Waals surface area (Å²) in [6.45, 7) is 0.989. The van der Waals surface area contributed by atoms with Crippen LogP contribution in [0.25, 0.3) is 0 Å². The highest BCUT2D eigenvalue weighted by Crippen LogP contribution is 2.52. The lowest BCUT2D eigenvalue weighted by Gasteiger charge is -2.23. The van der Waals surface area contributed by atoms with Crippen molar-refractivity contribution in [3.05, 3.63) is 72.3 Å². The number of nitrogens with zero attached hydrogens (tertiary/aromatic N) is 1. The van der Waals surface area contributed by atoms with Crippen LogP contribution in [0.1, 0.15) is 12.0 Å². The van der Waals surface area contributed by atoms with Crippen molar-refractivity contribution in [2.45, 2.75) is 24.5 Å². The highest BCUT2D eigenvalue weighted by Gasteiger charge is 2.67. The van der Waals surface area contributed by atoms with Crippen LogP contribution in [0.3, 0.4) is 0 Å². The second-order valence-electron chi connectivity index (χ2n) is 8.41. The molecule has 160 valence electrons. The molecule has 3 heterocycles. The molecule has 4 atom stereocenters. The van der Waals surface area contributed by atoms with Crippen molar-refractivity contribution in [1.82, 2.24) is 5.32 Å². The highest BCUT2D eigenvalue weighted by atomic mass is 16.5. The van der Waals surface area contributed by atoms with Crippen molar-refractivity contribution >= 4 is 17.5 Å². The minimum absolute atomic E-state index is 0.0652. The van der Waals surface area contributed by atoms with Gasteiger partial charge in [-0.05, 0) is 30.5 Å². The van der Waals surface area contributed by atoms with Crippen LogP contribution in [-0.2, 0) is 20.7 Å². The molecule has 0 radical (unpaired) electrons. The van der Waals surface area contributed by atoms with Crippen LogP contribution >= 0.6 is 0 Å². The van der Waals surface area contributed by atoms with Crippen LogP contribution < -0.4 is 15.0 Å². The zero-order valence-corrected chi connectivity index (χ0v) is 17.5. The van der Waals surface area contributed by atoms with E-state index in [0.29, 0.717) is 18.8 Å². The number of hydrogen-bond donors (Lipinski definition) is 1. The number of anilines is 1. The Morgan fingerprint density at radius 3 is 2.87 bits per heavy atom. The van der Waals surface area contributed by atoms with Gasteiger partial charge >= 0.3 is 0 Å². The number of benzene rings is 2. The minimum atomic E-state index is -0.725. The van der Waals surface area contributed by atoms with Crippen molar-refractivity contribution in [1.29, 1.82) is 0 Å². The largest absolute Gasteiger partial charge is 0.497 e. The topological polar surface area (TPSA) is 67.9 Å². The second kappa shape index (κ2) is 7.85. The van der Waals surface area contributed by atoms with E-state index in [1.54, 1.807) is 12.0 Å². The summed E-state index contributed by atoms with van der Waals surface area (Å²) in [5, 5.41) is 3.04. The van der Waals surface area contributed by atoms with Crippen molar-refractivity contribution in [3.8, 4) is 5.75 Å². The van der Waals surface area contributed by atoms with Gasteiger partial charge in [-0.1, -0.05) is 48.6 Å². The molecule has 2 fully saturated rings. The maximum atomic E-state index is 13.4. The van der Waals surface area contributed by atoms with E-state index in [1.165, 1.54) is 5.56 Å². The van der Waals surface area contributed by atoms with Crippen LogP contribution in [0.15, 0.2) is 66.7 Å². The van der Waals surface area contributed by atoms with Crippen LogP contribution in [-0.4, -0.2) is 43.7 Å². The molecule has 5 rings (SSSR count). The third kappa shape index (κ3) is 3.41. The Morgan fingerprint density at radius 1 is 1.23 bits per heavy atom. The summed E-state index contributed by atoms with van der Waals surface area (Å²) in [6, 6.07) is 17.6. The smallest absolute Gasteiger partial charge is 0.234 e. The van der Waals surface area contributed by atoms with Crippen molar-refractivity contribution in [2.24, 2.45) is 11.8 Å². The molecular formula is C25H26N2O4. The van der Waals surface area contributed by atoms with Gasteiger partial charge in [-0.3, -0.25) is 9.59 Å². The van der Waals surface area contributed by atoms with E-state index in [0.717, 1.165) is 18.5 Å². The van der Waals surface area contributed by atoms with Gasteiger partial charge in [0.2, 0.25) is 11.8 Å². The fourth-order valence-corrected chi connectivity index (χ4v) is 5.06. The van der Waals surface area contributed by atoms with Gasteiger partial charge < -0.3 is 19.7 Å². The number of fused-ring (bicyclic) bond motifs is 1. The van der Waals surface area contributed by atoms with E-state index in [9.17, 15) is 9.59 Å². The van der Waals surface area contributed by atoms with E-state index < -0.39 is 17.4 Å². The van der Waals surface area contributed by atoms with Crippen LogP contribution in [0.2, 0.25) is 0 Å². The molecule has 2 bridgehead atoms. The lowest BCUT2D eigenvalue weighted by molar-refractivity contribution is -0.131. The molecule has 3 aliphatic heterocycles. The maximum Gasteiger partial charge on any atom is 0.234 e. The summed E-state index contributed by atoms with van der Waals surface area (Å²) in [6.07, 6.45) is 5.33. The molecule has 2 amide bonds. The first-order chi connectivity index (χ1) is 15.1. The molecule has 2 aromatic carbocycles. The Labute approximate surface area is 181 Å². The number of methoxy groups -OCH3 is 1. The van der Waals surface area contributed by atoms with Gasteiger partial charge in [-0.25, -0.2) is 0 Å². The summed E-state index contributed by atoms with van der Waals surface area (Å²) < 4.78 is 11.5. The van der Waals surface area contributed by atoms with Gasteiger partial charge in [-0.15, -0.1) is 0 Å². The highest BCUT2D eigenvalue weighted by molar-refractivity contribution is 6.03. The fraction of sp³-hybridized carbons (Fsp3) is 0.360. The standard InChI is InChI=1S/C25H26N2O4/c1-30-19-11-5-10-18(15-19)27-16-25-13-12-20(31-25)21(22(25)24(27)29)23(28)26-14-6-9-17-7-3-2-4-8-17/h2-5,7-8,10-13,15,20-22H,6,9,14,16H2,1H3,(H,26,28)/t20-,21+,22+,25-/m1/s1. The molecule has 1 spiro atoms. The van der Waals surface area contributed by atoms with Gasteiger partial charge in [0.1, 0.15) is 11.4 Å².